The molecule has 0 atom stereocenters. The maximum atomic E-state index is 12.1. The van der Waals surface area contributed by atoms with Gasteiger partial charge in [-0.25, -0.2) is 14.6 Å². The highest BCUT2D eigenvalue weighted by Crippen LogP contribution is 2.22. The first-order valence-corrected chi connectivity index (χ1v) is 9.07. The van der Waals surface area contributed by atoms with Crippen LogP contribution in [0.4, 0.5) is 11.4 Å². The Bertz CT molecular complexity index is 884. The number of rotatable bonds is 4. The highest BCUT2D eigenvalue weighted by molar-refractivity contribution is 7.18. The van der Waals surface area contributed by atoms with E-state index in [0.29, 0.717) is 20.8 Å². The van der Waals surface area contributed by atoms with Crippen LogP contribution < -0.4 is 10.2 Å². The van der Waals surface area contributed by atoms with Crippen LogP contribution in [0.5, 0.6) is 0 Å². The van der Waals surface area contributed by atoms with Gasteiger partial charge in [-0.05, 0) is 25.0 Å². The van der Waals surface area contributed by atoms with Crippen LogP contribution in [-0.2, 0) is 0 Å². The average Bonchev–Trinajstić information content (AvgIpc) is 3.36. The Hall–Kier alpha value is -2.45. The van der Waals surface area contributed by atoms with Crippen LogP contribution in [0.15, 0.2) is 36.9 Å². The second kappa shape index (κ2) is 6.81. The molecule has 7 nitrogen and oxygen atoms in total. The molecule has 0 saturated carbocycles. The maximum absolute atomic E-state index is 12.1. The van der Waals surface area contributed by atoms with Crippen LogP contribution in [0, 0.1) is 0 Å². The summed E-state index contributed by atoms with van der Waals surface area (Å²) in [6.07, 6.45) is 9.27. The van der Waals surface area contributed by atoms with Crippen molar-refractivity contribution in [1.29, 1.82) is 0 Å². The van der Waals surface area contributed by atoms with Gasteiger partial charge in [0.25, 0.3) is 11.9 Å². The van der Waals surface area contributed by atoms with Gasteiger partial charge in [0.15, 0.2) is 0 Å². The van der Waals surface area contributed by atoms with Gasteiger partial charge in [-0.3, -0.25) is 4.79 Å². The predicted octanol–water partition coefficient (Wildman–Crippen LogP) is 3.23. The van der Waals surface area contributed by atoms with Gasteiger partial charge in [0, 0.05) is 13.1 Å². The van der Waals surface area contributed by atoms with Gasteiger partial charge < -0.3 is 10.2 Å². The fourth-order valence-corrected chi connectivity index (χ4v) is 3.64. The number of nitrogens with zero attached hydrogens (tertiary/aromatic N) is 5. The van der Waals surface area contributed by atoms with Crippen LogP contribution in [0.3, 0.4) is 0 Å². The number of carbonyl (C=O) groups is 1. The molecule has 1 saturated heterocycles. The van der Waals surface area contributed by atoms with Crippen molar-refractivity contribution in [3.63, 3.8) is 0 Å². The molecule has 3 aromatic heterocycles. The van der Waals surface area contributed by atoms with E-state index in [-0.39, 0.29) is 5.91 Å². The zero-order valence-electron chi connectivity index (χ0n) is 13.2. The number of hydrogen-bond acceptors (Lipinski definition) is 6. The summed E-state index contributed by atoms with van der Waals surface area (Å²) in [5, 5.41) is 6.99. The molecule has 0 aromatic carbocycles. The molecule has 0 bridgehead atoms. The molecule has 1 aliphatic heterocycles. The molecule has 1 amide bonds. The highest BCUT2D eigenvalue weighted by Gasteiger charge is 2.14. The van der Waals surface area contributed by atoms with E-state index in [9.17, 15) is 4.79 Å². The molecule has 1 fully saturated rings. The second-order valence-corrected chi connectivity index (χ2v) is 7.38. The number of carbonyl (C=O) groups excluding carboxylic acids is 1. The molecular formula is C16H15ClN6OS. The molecular weight excluding hydrogens is 360 g/mol. The Morgan fingerprint density at radius 3 is 2.60 bits per heavy atom. The van der Waals surface area contributed by atoms with Gasteiger partial charge in [0.05, 0.1) is 45.4 Å². The monoisotopic (exact) mass is 374 g/mol. The molecule has 0 spiro atoms. The van der Waals surface area contributed by atoms with Gasteiger partial charge in [-0.2, -0.15) is 5.10 Å². The van der Waals surface area contributed by atoms with Crippen LogP contribution in [0.1, 0.15) is 22.5 Å². The third-order valence-corrected chi connectivity index (χ3v) is 5.17. The highest BCUT2D eigenvalue weighted by atomic mass is 35.5. The lowest BCUT2D eigenvalue weighted by atomic mass is 10.4. The van der Waals surface area contributed by atoms with Gasteiger partial charge in [-0.1, -0.05) is 11.6 Å². The number of thiophene rings is 1. The van der Waals surface area contributed by atoms with Crippen LogP contribution >= 0.6 is 22.9 Å². The van der Waals surface area contributed by atoms with Gasteiger partial charge >= 0.3 is 0 Å². The smallest absolute Gasteiger partial charge is 0.265 e. The van der Waals surface area contributed by atoms with Crippen molar-refractivity contribution in [3.05, 3.63) is 46.1 Å². The van der Waals surface area contributed by atoms with E-state index in [0.717, 1.165) is 18.8 Å². The lowest BCUT2D eigenvalue weighted by Gasteiger charge is -2.16. The number of nitrogens with one attached hydrogen (secondary N) is 1. The van der Waals surface area contributed by atoms with Crippen molar-refractivity contribution in [2.45, 2.75) is 12.8 Å². The van der Waals surface area contributed by atoms with Crippen molar-refractivity contribution >= 4 is 40.2 Å². The Kier molecular flexibility index (Phi) is 4.37. The molecule has 4 rings (SSSR count). The summed E-state index contributed by atoms with van der Waals surface area (Å²) in [6, 6.07) is 3.38. The van der Waals surface area contributed by atoms with Gasteiger partial charge in [0.1, 0.15) is 0 Å². The minimum Gasteiger partial charge on any atom is -0.369 e. The van der Waals surface area contributed by atoms with E-state index in [1.54, 1.807) is 36.9 Å². The first kappa shape index (κ1) is 16.0. The van der Waals surface area contributed by atoms with E-state index < -0.39 is 0 Å². The van der Waals surface area contributed by atoms with Crippen molar-refractivity contribution in [3.8, 4) is 5.95 Å². The standard InChI is InChI=1S/C16H15ClN6OS/c17-14-4-3-13(25-14)15(24)21-11-7-20-23(10-11)16-18-8-12(9-19-16)22-5-1-2-6-22/h3-4,7-10H,1-2,5-6H2,(H,21,24). The summed E-state index contributed by atoms with van der Waals surface area (Å²) >= 11 is 7.08. The minimum atomic E-state index is -0.221. The van der Waals surface area contributed by atoms with E-state index in [1.165, 1.54) is 28.9 Å². The lowest BCUT2D eigenvalue weighted by molar-refractivity contribution is 0.103. The van der Waals surface area contributed by atoms with Crippen molar-refractivity contribution < 1.29 is 4.79 Å². The largest absolute Gasteiger partial charge is 0.369 e. The first-order valence-electron chi connectivity index (χ1n) is 7.88. The van der Waals surface area contributed by atoms with E-state index in [2.05, 4.69) is 25.3 Å². The normalized spacial score (nSPS) is 14.0. The Labute approximate surface area is 153 Å². The third-order valence-electron chi connectivity index (χ3n) is 3.94. The summed E-state index contributed by atoms with van der Waals surface area (Å²) in [5.74, 6) is 0.240. The molecule has 25 heavy (non-hydrogen) atoms. The summed E-state index contributed by atoms with van der Waals surface area (Å²) < 4.78 is 2.11. The topological polar surface area (TPSA) is 75.9 Å². The molecule has 4 heterocycles. The first-order chi connectivity index (χ1) is 12.2. The fraction of sp³-hybridized carbons (Fsp3) is 0.250. The molecule has 1 aliphatic rings. The van der Waals surface area contributed by atoms with Crippen molar-refractivity contribution in [2.24, 2.45) is 0 Å². The van der Waals surface area contributed by atoms with Crippen molar-refractivity contribution in [1.82, 2.24) is 19.7 Å². The number of aromatic nitrogens is 4. The Morgan fingerprint density at radius 2 is 1.92 bits per heavy atom. The molecule has 0 unspecified atom stereocenters. The van der Waals surface area contributed by atoms with Crippen molar-refractivity contribution in [2.75, 3.05) is 23.3 Å². The van der Waals surface area contributed by atoms with E-state index >= 15 is 0 Å². The molecule has 0 aliphatic carbocycles. The quantitative estimate of drug-likeness (QED) is 0.758. The molecule has 128 valence electrons. The second-order valence-electron chi connectivity index (χ2n) is 5.67. The molecule has 3 aromatic rings. The van der Waals surface area contributed by atoms with Gasteiger partial charge in [0.2, 0.25) is 0 Å². The Balaban J connectivity index is 1.46. The average molecular weight is 375 g/mol. The van der Waals surface area contributed by atoms with E-state index in [1.807, 2.05) is 0 Å². The number of halogens is 1. The minimum absolute atomic E-state index is 0.221. The van der Waals surface area contributed by atoms with Crippen LogP contribution in [0.25, 0.3) is 5.95 Å². The summed E-state index contributed by atoms with van der Waals surface area (Å²) in [4.78, 5) is 23.7. The van der Waals surface area contributed by atoms with Crippen LogP contribution in [0.2, 0.25) is 4.34 Å². The van der Waals surface area contributed by atoms with Crippen LogP contribution in [-0.4, -0.2) is 38.7 Å². The third kappa shape index (κ3) is 3.49. The van der Waals surface area contributed by atoms with E-state index in [4.69, 9.17) is 11.6 Å². The summed E-state index contributed by atoms with van der Waals surface area (Å²) in [5.41, 5.74) is 1.60. The summed E-state index contributed by atoms with van der Waals surface area (Å²) in [7, 11) is 0. The zero-order valence-corrected chi connectivity index (χ0v) is 14.8. The lowest BCUT2D eigenvalue weighted by Crippen LogP contribution is -2.18. The maximum Gasteiger partial charge on any atom is 0.265 e. The molecule has 9 heteroatoms. The Morgan fingerprint density at radius 1 is 1.16 bits per heavy atom. The SMILES string of the molecule is O=C(Nc1cnn(-c2ncc(N3CCCC3)cn2)c1)c1ccc(Cl)s1. The molecule has 1 N–H and O–H groups in total. The fourth-order valence-electron chi connectivity index (χ4n) is 2.70. The number of anilines is 2. The molecule has 0 radical (unpaired) electrons. The predicted molar refractivity (Wildman–Crippen MR) is 97.9 cm³/mol. The number of amides is 1. The number of hydrogen-bond donors (Lipinski definition) is 1. The zero-order chi connectivity index (χ0) is 17.2. The van der Waals surface area contributed by atoms with Gasteiger partial charge in [-0.15, -0.1) is 11.3 Å². The summed E-state index contributed by atoms with van der Waals surface area (Å²) in [6.45, 7) is 2.10.